The maximum atomic E-state index is 13.0. The number of ether oxygens (including phenoxy) is 1. The molecule has 0 aliphatic rings. The number of carboxylic acid groups (broad SMARTS) is 1. The monoisotopic (exact) mass is 255 g/mol. The smallest absolute Gasteiger partial charge is 0.339 e. The first-order valence-corrected chi connectivity index (χ1v) is 5.47. The Balaban J connectivity index is 2.68. The summed E-state index contributed by atoms with van der Waals surface area (Å²) in [7, 11) is 0. The fraction of sp³-hybridized carbons (Fsp3) is 0.333. The lowest BCUT2D eigenvalue weighted by Crippen LogP contribution is -2.29. The minimum atomic E-state index is -1.24. The van der Waals surface area contributed by atoms with E-state index < -0.39 is 11.8 Å². The van der Waals surface area contributed by atoms with Crippen molar-refractivity contribution < 1.29 is 23.8 Å². The van der Waals surface area contributed by atoms with Gasteiger partial charge in [0.1, 0.15) is 17.1 Å². The zero-order chi connectivity index (χ0) is 13.5. The second-order valence-electron chi connectivity index (χ2n) is 3.58. The molecule has 98 valence electrons. The van der Waals surface area contributed by atoms with Gasteiger partial charge in [0, 0.05) is 12.6 Å². The Labute approximate surface area is 104 Å². The fourth-order valence-electron chi connectivity index (χ4n) is 1.25. The number of hydrogen-bond acceptors (Lipinski definition) is 3. The highest BCUT2D eigenvalue weighted by Crippen LogP contribution is 2.19. The number of carbonyl (C=O) groups is 2. The van der Waals surface area contributed by atoms with E-state index in [1.165, 1.54) is 0 Å². The number of benzene rings is 1. The van der Waals surface area contributed by atoms with Crippen LogP contribution in [0.3, 0.4) is 0 Å². The third-order valence-corrected chi connectivity index (χ3v) is 2.11. The van der Waals surface area contributed by atoms with Gasteiger partial charge in [0.2, 0.25) is 0 Å². The van der Waals surface area contributed by atoms with Crippen molar-refractivity contribution in [3.05, 3.63) is 29.6 Å². The molecule has 0 aliphatic heterocycles. The molecule has 0 radical (unpaired) electrons. The Bertz CT molecular complexity index is 448. The molecule has 6 heteroatoms. The molecular weight excluding hydrogens is 241 g/mol. The van der Waals surface area contributed by atoms with Crippen LogP contribution in [0.1, 0.15) is 23.7 Å². The van der Waals surface area contributed by atoms with Crippen molar-refractivity contribution in [2.75, 3.05) is 13.2 Å². The number of carbonyl (C=O) groups excluding carboxylic acids is 1. The Kier molecular flexibility index (Phi) is 5.10. The summed E-state index contributed by atoms with van der Waals surface area (Å²) in [5.74, 6) is -2.39. The summed E-state index contributed by atoms with van der Waals surface area (Å²) in [6.07, 6.45) is 0.784. The van der Waals surface area contributed by atoms with Crippen LogP contribution in [0.5, 0.6) is 5.75 Å². The molecule has 0 heterocycles. The van der Waals surface area contributed by atoms with Gasteiger partial charge in [-0.2, -0.15) is 0 Å². The molecule has 0 unspecified atom stereocenters. The molecule has 0 saturated carbocycles. The van der Waals surface area contributed by atoms with Gasteiger partial charge in [0.25, 0.3) is 5.91 Å². The molecule has 1 rings (SSSR count). The SMILES string of the molecule is CCCNC(=O)COc1cc(F)ccc1C(=O)O. The van der Waals surface area contributed by atoms with Crippen LogP contribution in [0.15, 0.2) is 18.2 Å². The second kappa shape index (κ2) is 6.58. The molecular formula is C12H14FNO4. The Morgan fingerprint density at radius 3 is 2.78 bits per heavy atom. The number of nitrogens with one attached hydrogen (secondary N) is 1. The zero-order valence-electron chi connectivity index (χ0n) is 9.90. The summed E-state index contributed by atoms with van der Waals surface area (Å²) < 4.78 is 18.0. The van der Waals surface area contributed by atoms with Gasteiger partial charge in [-0.25, -0.2) is 9.18 Å². The summed E-state index contributed by atoms with van der Waals surface area (Å²) in [6.45, 7) is 2.07. The lowest BCUT2D eigenvalue weighted by molar-refractivity contribution is -0.123. The number of aromatic carboxylic acids is 1. The van der Waals surface area contributed by atoms with Gasteiger partial charge in [-0.1, -0.05) is 6.92 Å². The largest absolute Gasteiger partial charge is 0.483 e. The van der Waals surface area contributed by atoms with E-state index in [0.717, 1.165) is 24.6 Å². The van der Waals surface area contributed by atoms with Gasteiger partial charge < -0.3 is 15.2 Å². The van der Waals surface area contributed by atoms with Crippen molar-refractivity contribution in [1.82, 2.24) is 5.32 Å². The third-order valence-electron chi connectivity index (χ3n) is 2.11. The first-order chi connectivity index (χ1) is 8.54. The van der Waals surface area contributed by atoms with Gasteiger partial charge in [0.15, 0.2) is 6.61 Å². The molecule has 18 heavy (non-hydrogen) atoms. The first kappa shape index (κ1) is 14.0. The molecule has 1 aromatic rings. The molecule has 0 bridgehead atoms. The quantitative estimate of drug-likeness (QED) is 0.806. The highest BCUT2D eigenvalue weighted by Gasteiger charge is 2.13. The van der Waals surface area contributed by atoms with Crippen molar-refractivity contribution >= 4 is 11.9 Å². The maximum Gasteiger partial charge on any atom is 0.339 e. The van der Waals surface area contributed by atoms with Crippen LogP contribution < -0.4 is 10.1 Å². The van der Waals surface area contributed by atoms with E-state index in [1.54, 1.807) is 0 Å². The number of halogens is 1. The van der Waals surface area contributed by atoms with Crippen molar-refractivity contribution in [2.45, 2.75) is 13.3 Å². The molecule has 0 aliphatic carbocycles. The van der Waals surface area contributed by atoms with Crippen LogP contribution in [-0.4, -0.2) is 30.1 Å². The van der Waals surface area contributed by atoms with Crippen LogP contribution in [-0.2, 0) is 4.79 Å². The highest BCUT2D eigenvalue weighted by atomic mass is 19.1. The topological polar surface area (TPSA) is 75.6 Å². The average molecular weight is 255 g/mol. The normalized spacial score (nSPS) is 9.89. The van der Waals surface area contributed by atoms with E-state index in [-0.39, 0.29) is 23.8 Å². The van der Waals surface area contributed by atoms with Crippen molar-refractivity contribution in [3.63, 3.8) is 0 Å². The van der Waals surface area contributed by atoms with Crippen LogP contribution in [0.2, 0.25) is 0 Å². The predicted molar refractivity (Wildman–Crippen MR) is 62.2 cm³/mol. The number of hydrogen-bond donors (Lipinski definition) is 2. The first-order valence-electron chi connectivity index (χ1n) is 5.47. The van der Waals surface area contributed by atoms with Gasteiger partial charge in [-0.3, -0.25) is 4.79 Å². The molecule has 0 saturated heterocycles. The van der Waals surface area contributed by atoms with Gasteiger partial charge in [0.05, 0.1) is 0 Å². The number of rotatable bonds is 6. The molecule has 0 spiro atoms. The van der Waals surface area contributed by atoms with Crippen LogP contribution >= 0.6 is 0 Å². The number of carboxylic acids is 1. The molecule has 1 aromatic carbocycles. The summed E-state index contributed by atoms with van der Waals surface area (Å²) in [4.78, 5) is 22.1. The molecule has 1 amide bonds. The van der Waals surface area contributed by atoms with E-state index in [9.17, 15) is 14.0 Å². The lowest BCUT2D eigenvalue weighted by Gasteiger charge is -2.09. The molecule has 5 nitrogen and oxygen atoms in total. The second-order valence-corrected chi connectivity index (χ2v) is 3.58. The highest BCUT2D eigenvalue weighted by molar-refractivity contribution is 5.91. The van der Waals surface area contributed by atoms with Gasteiger partial charge in [-0.15, -0.1) is 0 Å². The van der Waals surface area contributed by atoms with Crippen molar-refractivity contribution in [3.8, 4) is 5.75 Å². The van der Waals surface area contributed by atoms with E-state index in [2.05, 4.69) is 5.32 Å². The fourth-order valence-corrected chi connectivity index (χ4v) is 1.25. The molecule has 2 N–H and O–H groups in total. The minimum absolute atomic E-state index is 0.158. The molecule has 0 aromatic heterocycles. The van der Waals surface area contributed by atoms with Crippen molar-refractivity contribution in [1.29, 1.82) is 0 Å². The molecule has 0 fully saturated rings. The zero-order valence-corrected chi connectivity index (χ0v) is 9.90. The Morgan fingerprint density at radius 1 is 1.44 bits per heavy atom. The van der Waals surface area contributed by atoms with Gasteiger partial charge in [-0.05, 0) is 18.6 Å². The summed E-state index contributed by atoms with van der Waals surface area (Å²) in [5, 5.41) is 11.4. The standard InChI is InChI=1S/C12H14FNO4/c1-2-5-14-11(15)7-18-10-6-8(13)3-4-9(10)12(16)17/h3-4,6H,2,5,7H2,1H3,(H,14,15)(H,16,17). The van der Waals surface area contributed by atoms with Crippen LogP contribution in [0.4, 0.5) is 4.39 Å². The van der Waals surface area contributed by atoms with E-state index in [4.69, 9.17) is 9.84 Å². The summed E-state index contributed by atoms with van der Waals surface area (Å²) in [5.41, 5.74) is -0.181. The van der Waals surface area contributed by atoms with Crippen molar-refractivity contribution in [2.24, 2.45) is 0 Å². The number of amides is 1. The van der Waals surface area contributed by atoms with E-state index in [1.807, 2.05) is 6.92 Å². The molecule has 0 atom stereocenters. The van der Waals surface area contributed by atoms with E-state index in [0.29, 0.717) is 6.54 Å². The lowest BCUT2D eigenvalue weighted by atomic mass is 10.2. The van der Waals surface area contributed by atoms with Gasteiger partial charge >= 0.3 is 5.97 Å². The summed E-state index contributed by atoms with van der Waals surface area (Å²) in [6, 6.07) is 3.06. The summed E-state index contributed by atoms with van der Waals surface area (Å²) >= 11 is 0. The third kappa shape index (κ3) is 4.04. The Hall–Kier alpha value is -2.11. The predicted octanol–water partition coefficient (Wildman–Crippen LogP) is 1.43. The van der Waals surface area contributed by atoms with Crippen LogP contribution in [0.25, 0.3) is 0 Å². The van der Waals surface area contributed by atoms with E-state index >= 15 is 0 Å². The minimum Gasteiger partial charge on any atom is -0.483 e. The maximum absolute atomic E-state index is 13.0. The van der Waals surface area contributed by atoms with Crippen LogP contribution in [0, 0.1) is 5.82 Å². The Morgan fingerprint density at radius 2 is 2.17 bits per heavy atom. The average Bonchev–Trinajstić information content (AvgIpc) is 2.33.